The van der Waals surface area contributed by atoms with Crippen LogP contribution < -0.4 is 9.47 Å². The summed E-state index contributed by atoms with van der Waals surface area (Å²) >= 11 is 0. The Labute approximate surface area is 193 Å². The Hall–Kier alpha value is -4.06. The maximum atomic E-state index is 15.2. The fraction of sp³-hybridized carbons (Fsp3) is 0.0714. The second-order valence-corrected chi connectivity index (χ2v) is 7.80. The van der Waals surface area contributed by atoms with Crippen molar-refractivity contribution in [1.29, 1.82) is 0 Å². The van der Waals surface area contributed by atoms with Crippen molar-refractivity contribution in [3.63, 3.8) is 0 Å². The van der Waals surface area contributed by atoms with Crippen molar-refractivity contribution in [1.82, 2.24) is 0 Å². The van der Waals surface area contributed by atoms with Gasteiger partial charge in [0.15, 0.2) is 11.6 Å². The van der Waals surface area contributed by atoms with Gasteiger partial charge in [0, 0.05) is 17.7 Å². The molecule has 0 fully saturated rings. The molecule has 170 valence electrons. The van der Waals surface area contributed by atoms with Crippen LogP contribution in [0.15, 0.2) is 72.8 Å². The molecule has 5 aromatic rings. The maximum absolute atomic E-state index is 15.2. The van der Waals surface area contributed by atoms with Crippen LogP contribution in [0.3, 0.4) is 0 Å². The predicted octanol–water partition coefficient (Wildman–Crippen LogP) is 7.90. The number of hydrogen-bond acceptors (Lipinski definition) is 2. The van der Waals surface area contributed by atoms with E-state index in [-0.39, 0.29) is 22.3 Å². The lowest BCUT2D eigenvalue weighted by atomic mass is 9.85. The minimum Gasteiger partial charge on any atom is -0.497 e. The number of benzene rings is 5. The van der Waals surface area contributed by atoms with Gasteiger partial charge in [-0.1, -0.05) is 36.4 Å². The van der Waals surface area contributed by atoms with Gasteiger partial charge in [0.05, 0.1) is 19.8 Å². The summed E-state index contributed by atoms with van der Waals surface area (Å²) in [6, 6.07) is 18.3. The van der Waals surface area contributed by atoms with Gasteiger partial charge in [-0.05, 0) is 56.9 Å². The quantitative estimate of drug-likeness (QED) is 0.200. The second kappa shape index (κ2) is 8.37. The van der Waals surface area contributed by atoms with Crippen LogP contribution in [0.5, 0.6) is 11.5 Å². The van der Waals surface area contributed by atoms with E-state index in [1.54, 1.807) is 55.6 Å². The third kappa shape index (κ3) is 3.43. The molecule has 0 saturated carbocycles. The van der Waals surface area contributed by atoms with E-state index in [2.05, 4.69) is 0 Å². The monoisotopic (exact) mass is 462 g/mol. The van der Waals surface area contributed by atoms with Gasteiger partial charge in [-0.2, -0.15) is 0 Å². The van der Waals surface area contributed by atoms with Gasteiger partial charge >= 0.3 is 0 Å². The zero-order valence-electron chi connectivity index (χ0n) is 18.3. The number of ether oxygens (including phenoxy) is 2. The van der Waals surface area contributed by atoms with Crippen LogP contribution in [0.1, 0.15) is 0 Å². The first kappa shape index (κ1) is 21.8. The third-order valence-electron chi connectivity index (χ3n) is 5.94. The molecule has 0 aliphatic carbocycles. The van der Waals surface area contributed by atoms with E-state index in [9.17, 15) is 8.78 Å². The summed E-state index contributed by atoms with van der Waals surface area (Å²) < 4.78 is 69.6. The molecule has 34 heavy (non-hydrogen) atoms. The Morgan fingerprint density at radius 1 is 0.471 bits per heavy atom. The van der Waals surface area contributed by atoms with Crippen molar-refractivity contribution in [3.8, 4) is 33.8 Å². The van der Waals surface area contributed by atoms with Gasteiger partial charge in [0.2, 0.25) is 0 Å². The van der Waals surface area contributed by atoms with Gasteiger partial charge in [-0.25, -0.2) is 17.6 Å². The van der Waals surface area contributed by atoms with Crippen molar-refractivity contribution in [2.24, 2.45) is 0 Å². The molecule has 2 nitrogen and oxygen atoms in total. The normalized spacial score (nSPS) is 11.2. The Balaban J connectivity index is 1.99. The zero-order valence-corrected chi connectivity index (χ0v) is 18.3. The summed E-state index contributed by atoms with van der Waals surface area (Å²) in [6.45, 7) is 0. The minimum atomic E-state index is -1.11. The summed E-state index contributed by atoms with van der Waals surface area (Å²) in [5.41, 5.74) is 1.13. The first-order valence-electron chi connectivity index (χ1n) is 10.4. The van der Waals surface area contributed by atoms with E-state index in [0.717, 1.165) is 29.8 Å². The summed E-state index contributed by atoms with van der Waals surface area (Å²) in [5.74, 6) is -3.26. The molecule has 5 rings (SSSR count). The van der Waals surface area contributed by atoms with Gasteiger partial charge in [0.1, 0.15) is 23.1 Å². The van der Waals surface area contributed by atoms with E-state index in [0.29, 0.717) is 27.5 Å². The van der Waals surface area contributed by atoms with Crippen molar-refractivity contribution in [2.45, 2.75) is 0 Å². The van der Waals surface area contributed by atoms with E-state index < -0.39 is 23.3 Å². The highest BCUT2D eigenvalue weighted by atomic mass is 19.2. The van der Waals surface area contributed by atoms with Crippen molar-refractivity contribution in [2.75, 3.05) is 14.2 Å². The fourth-order valence-corrected chi connectivity index (χ4v) is 4.41. The van der Waals surface area contributed by atoms with Gasteiger partial charge in [0.25, 0.3) is 0 Å². The number of hydrogen-bond donors (Lipinski definition) is 0. The highest BCUT2D eigenvalue weighted by Gasteiger charge is 2.23. The SMILES string of the molecule is COc1ccc(-c2c3ccccc3c(-c3c(F)cc(OC)cc3F)c3cc(F)c(F)cc23)cc1. The lowest BCUT2D eigenvalue weighted by molar-refractivity contribution is 0.407. The van der Waals surface area contributed by atoms with Crippen LogP contribution in [0, 0.1) is 23.3 Å². The van der Waals surface area contributed by atoms with Gasteiger partial charge < -0.3 is 9.47 Å². The fourth-order valence-electron chi connectivity index (χ4n) is 4.41. The van der Waals surface area contributed by atoms with Crippen molar-refractivity contribution >= 4 is 21.5 Å². The van der Waals surface area contributed by atoms with E-state index in [1.807, 2.05) is 0 Å². The maximum Gasteiger partial charge on any atom is 0.159 e. The molecule has 0 aliphatic heterocycles. The van der Waals surface area contributed by atoms with Gasteiger partial charge in [-0.15, -0.1) is 0 Å². The predicted molar refractivity (Wildman–Crippen MR) is 125 cm³/mol. The first-order valence-corrected chi connectivity index (χ1v) is 10.4. The number of methoxy groups -OCH3 is 2. The molecule has 0 aliphatic rings. The highest BCUT2D eigenvalue weighted by molar-refractivity contribution is 6.21. The molecular weight excluding hydrogens is 444 g/mol. The zero-order chi connectivity index (χ0) is 24.0. The molecule has 0 atom stereocenters. The molecule has 0 N–H and O–H groups in total. The van der Waals surface area contributed by atoms with E-state index in [1.165, 1.54) is 7.11 Å². The summed E-state index contributed by atoms with van der Waals surface area (Å²) in [5, 5.41) is 1.64. The topological polar surface area (TPSA) is 18.5 Å². The largest absolute Gasteiger partial charge is 0.497 e. The van der Waals surface area contributed by atoms with Gasteiger partial charge in [-0.3, -0.25) is 0 Å². The Kier molecular flexibility index (Phi) is 5.36. The molecule has 5 aromatic carbocycles. The molecule has 0 aromatic heterocycles. The molecule has 0 amide bonds. The molecule has 0 heterocycles. The third-order valence-corrected chi connectivity index (χ3v) is 5.94. The highest BCUT2D eigenvalue weighted by Crippen LogP contribution is 2.46. The molecule has 0 unspecified atom stereocenters. The van der Waals surface area contributed by atoms with Crippen molar-refractivity contribution in [3.05, 3.63) is 96.1 Å². The second-order valence-electron chi connectivity index (χ2n) is 7.80. The standard InChI is InChI=1S/C28H18F4O2/c1-33-16-9-7-15(8-10-16)26-18-5-3-4-6-19(18)27(21-14-23(30)22(29)13-20(21)26)28-24(31)11-17(34-2)12-25(28)32/h3-14H,1-2H3. The molecule has 0 saturated heterocycles. The Morgan fingerprint density at radius 2 is 0.971 bits per heavy atom. The summed E-state index contributed by atoms with van der Waals surface area (Å²) in [7, 11) is 2.85. The molecule has 6 heteroatoms. The average Bonchev–Trinajstić information content (AvgIpc) is 2.84. The van der Waals surface area contributed by atoms with Crippen LogP contribution in [0.25, 0.3) is 43.8 Å². The van der Waals surface area contributed by atoms with E-state index >= 15 is 8.78 Å². The smallest absolute Gasteiger partial charge is 0.159 e. The Morgan fingerprint density at radius 3 is 1.50 bits per heavy atom. The first-order chi connectivity index (χ1) is 16.4. The van der Waals surface area contributed by atoms with Crippen LogP contribution in [-0.2, 0) is 0 Å². The van der Waals surface area contributed by atoms with Crippen LogP contribution in [0.2, 0.25) is 0 Å². The average molecular weight is 462 g/mol. The lowest BCUT2D eigenvalue weighted by Crippen LogP contribution is -1.98. The van der Waals surface area contributed by atoms with Crippen LogP contribution >= 0.6 is 0 Å². The molecule has 0 spiro atoms. The number of fused-ring (bicyclic) bond motifs is 2. The summed E-state index contributed by atoms with van der Waals surface area (Å²) in [6.07, 6.45) is 0. The Bertz CT molecular complexity index is 1540. The number of rotatable bonds is 4. The lowest BCUT2D eigenvalue weighted by Gasteiger charge is -2.19. The number of halogens is 4. The molecule has 0 radical (unpaired) electrons. The van der Waals surface area contributed by atoms with Crippen LogP contribution in [0.4, 0.5) is 17.6 Å². The van der Waals surface area contributed by atoms with E-state index in [4.69, 9.17) is 9.47 Å². The van der Waals surface area contributed by atoms with Crippen LogP contribution in [-0.4, -0.2) is 14.2 Å². The minimum absolute atomic E-state index is 0.0134. The summed E-state index contributed by atoms with van der Waals surface area (Å²) in [4.78, 5) is 0. The molecule has 0 bridgehead atoms. The molecular formula is C28H18F4O2. The van der Waals surface area contributed by atoms with Crippen molar-refractivity contribution < 1.29 is 27.0 Å².